The Labute approximate surface area is 222 Å². The van der Waals surface area contributed by atoms with Crippen LogP contribution < -0.4 is 14.6 Å². The molecule has 0 atom stereocenters. The number of alkyl halides is 3. The van der Waals surface area contributed by atoms with Gasteiger partial charge in [0.15, 0.2) is 0 Å². The second-order valence-corrected chi connectivity index (χ2v) is 11.8. The second kappa shape index (κ2) is 10.5. The predicted molar refractivity (Wildman–Crippen MR) is 139 cm³/mol. The molecule has 1 amide bonds. The minimum Gasteiger partial charge on any atom is -0.443 e. The van der Waals surface area contributed by atoms with E-state index < -0.39 is 44.4 Å². The molecule has 0 aliphatic rings. The van der Waals surface area contributed by atoms with Crippen LogP contribution in [0.1, 0.15) is 34.6 Å². The molecule has 0 aliphatic carbocycles. The Bertz CT molecular complexity index is 1560. The van der Waals surface area contributed by atoms with Gasteiger partial charge in [0.25, 0.3) is 5.56 Å². The summed E-state index contributed by atoms with van der Waals surface area (Å²) >= 11 is 0. The van der Waals surface area contributed by atoms with E-state index in [4.69, 9.17) is 4.74 Å². The predicted octanol–water partition coefficient (Wildman–Crippen LogP) is 6.06. The number of amides is 1. The smallest absolute Gasteiger partial charge is 0.443 e. The number of halogens is 4. The summed E-state index contributed by atoms with van der Waals surface area (Å²) in [5, 5.41) is -0.0139. The van der Waals surface area contributed by atoms with Gasteiger partial charge >= 0.3 is 21.7 Å². The van der Waals surface area contributed by atoms with Crippen molar-refractivity contribution in [3.8, 4) is 16.9 Å². The van der Waals surface area contributed by atoms with E-state index in [0.29, 0.717) is 5.56 Å². The number of ether oxygens (including phenoxy) is 1. The molecular formula is C26H28F4N2O6S. The molecule has 0 N–H and O–H groups in total. The van der Waals surface area contributed by atoms with Crippen molar-refractivity contribution in [1.29, 1.82) is 0 Å². The summed E-state index contributed by atoms with van der Waals surface area (Å²) in [6, 6.07) is 8.01. The Morgan fingerprint density at radius 2 is 1.62 bits per heavy atom. The highest BCUT2D eigenvalue weighted by molar-refractivity contribution is 7.88. The molecule has 0 spiro atoms. The van der Waals surface area contributed by atoms with E-state index in [1.807, 2.05) is 13.8 Å². The molecule has 3 rings (SSSR count). The normalized spacial score (nSPS) is 12.6. The highest BCUT2D eigenvalue weighted by atomic mass is 32.2. The average Bonchev–Trinajstić information content (AvgIpc) is 2.78. The monoisotopic (exact) mass is 572 g/mol. The Morgan fingerprint density at radius 3 is 2.13 bits per heavy atom. The Morgan fingerprint density at radius 1 is 1.03 bits per heavy atom. The molecule has 8 nitrogen and oxygen atoms in total. The zero-order valence-corrected chi connectivity index (χ0v) is 22.9. The maximum absolute atomic E-state index is 13.8. The maximum atomic E-state index is 13.8. The fraction of sp³-hybridized carbons (Fsp3) is 0.385. The van der Waals surface area contributed by atoms with Gasteiger partial charge in [-0.05, 0) is 62.6 Å². The quantitative estimate of drug-likeness (QED) is 0.202. The van der Waals surface area contributed by atoms with E-state index in [0.717, 1.165) is 35.2 Å². The van der Waals surface area contributed by atoms with E-state index in [-0.39, 0.29) is 34.6 Å². The Hall–Kier alpha value is -3.61. The summed E-state index contributed by atoms with van der Waals surface area (Å²) in [4.78, 5) is 27.9. The highest BCUT2D eigenvalue weighted by Crippen LogP contribution is 2.39. The first-order chi connectivity index (χ1) is 17.8. The lowest BCUT2D eigenvalue weighted by Crippen LogP contribution is -2.38. The minimum atomic E-state index is -6.01. The number of benzene rings is 2. The van der Waals surface area contributed by atoms with Crippen LogP contribution in [0.3, 0.4) is 0 Å². The zero-order chi connectivity index (χ0) is 29.5. The average molecular weight is 573 g/mol. The summed E-state index contributed by atoms with van der Waals surface area (Å²) in [7, 11) is -4.66. The number of rotatable bonds is 6. The summed E-state index contributed by atoms with van der Waals surface area (Å²) in [5.41, 5.74) is -6.76. The van der Waals surface area contributed by atoms with Crippen molar-refractivity contribution in [3.63, 3.8) is 0 Å². The van der Waals surface area contributed by atoms with Gasteiger partial charge in [0.2, 0.25) is 0 Å². The van der Waals surface area contributed by atoms with Crippen LogP contribution in [-0.4, -0.2) is 37.2 Å². The van der Waals surface area contributed by atoms with E-state index in [1.54, 1.807) is 20.8 Å². The van der Waals surface area contributed by atoms with Gasteiger partial charge in [-0.2, -0.15) is 21.6 Å². The zero-order valence-electron chi connectivity index (χ0n) is 22.1. The minimum absolute atomic E-state index is 0.00747. The standard InChI is InChI=1S/C26H28F4N2O6S/c1-15(2)14-32-22(31(6)24(34)37-25(3,4)5)21(16-7-9-17(27)10-8-16)20-13-18(11-12-19(20)23(32)33)38-39(35,36)26(28,29)30/h7-13,15H,14H2,1-6H3. The van der Waals surface area contributed by atoms with Crippen molar-refractivity contribution in [1.82, 2.24) is 4.57 Å². The first-order valence-electron chi connectivity index (χ1n) is 11.8. The van der Waals surface area contributed by atoms with Gasteiger partial charge in [-0.1, -0.05) is 26.0 Å². The lowest BCUT2D eigenvalue weighted by molar-refractivity contribution is -0.0500. The molecule has 1 heterocycles. The topological polar surface area (TPSA) is 94.9 Å². The molecule has 13 heteroatoms. The van der Waals surface area contributed by atoms with Crippen molar-refractivity contribution in [2.45, 2.75) is 52.3 Å². The third kappa shape index (κ3) is 6.52. The molecule has 1 aromatic heterocycles. The van der Waals surface area contributed by atoms with Crippen molar-refractivity contribution >= 4 is 32.8 Å². The number of hydrogen-bond acceptors (Lipinski definition) is 6. The molecule has 2 aromatic carbocycles. The molecule has 0 saturated carbocycles. The summed E-state index contributed by atoms with van der Waals surface area (Å²) in [6.45, 7) is 8.74. The molecule has 3 aromatic rings. The van der Waals surface area contributed by atoms with Gasteiger partial charge in [0.1, 0.15) is 23.0 Å². The van der Waals surface area contributed by atoms with Crippen LogP contribution in [0.2, 0.25) is 0 Å². The lowest BCUT2D eigenvalue weighted by Gasteiger charge is -2.29. The first-order valence-corrected chi connectivity index (χ1v) is 13.2. The molecule has 212 valence electrons. The first kappa shape index (κ1) is 29.9. The van der Waals surface area contributed by atoms with Crippen LogP contribution >= 0.6 is 0 Å². The van der Waals surface area contributed by atoms with Gasteiger partial charge in [-0.25, -0.2) is 9.18 Å². The van der Waals surface area contributed by atoms with E-state index in [9.17, 15) is 35.6 Å². The fourth-order valence-electron chi connectivity index (χ4n) is 3.84. The number of hydrogen-bond donors (Lipinski definition) is 0. The van der Waals surface area contributed by atoms with Crippen molar-refractivity contribution in [3.05, 3.63) is 58.6 Å². The molecule has 0 saturated heterocycles. The van der Waals surface area contributed by atoms with Crippen LogP contribution in [0.4, 0.5) is 28.2 Å². The van der Waals surface area contributed by atoms with Gasteiger partial charge in [-0.15, -0.1) is 0 Å². The maximum Gasteiger partial charge on any atom is 0.534 e. The van der Waals surface area contributed by atoms with Crippen LogP contribution in [0.25, 0.3) is 21.9 Å². The van der Waals surface area contributed by atoms with Crippen LogP contribution in [0.5, 0.6) is 5.75 Å². The molecule has 0 radical (unpaired) electrons. The molecule has 0 fully saturated rings. The molecular weight excluding hydrogens is 544 g/mol. The number of anilines is 1. The lowest BCUT2D eigenvalue weighted by atomic mass is 9.98. The number of aromatic nitrogens is 1. The summed E-state index contributed by atoms with van der Waals surface area (Å²) in [5.74, 6) is -1.37. The fourth-order valence-corrected chi connectivity index (χ4v) is 4.29. The van der Waals surface area contributed by atoms with Gasteiger partial charge in [0.05, 0.1) is 0 Å². The van der Waals surface area contributed by atoms with Crippen LogP contribution in [0, 0.1) is 11.7 Å². The summed E-state index contributed by atoms with van der Waals surface area (Å²) < 4.78 is 87.2. The SMILES string of the molecule is CC(C)Cn1c(N(C)C(=O)OC(C)(C)C)c(-c2ccc(F)cc2)c2cc(OS(=O)(=O)C(F)(F)F)ccc2c1=O. The third-order valence-electron chi connectivity index (χ3n) is 5.37. The molecule has 0 aliphatic heterocycles. The van der Waals surface area contributed by atoms with E-state index >= 15 is 0 Å². The number of pyridine rings is 1. The van der Waals surface area contributed by atoms with Gasteiger partial charge in [-0.3, -0.25) is 14.3 Å². The molecule has 0 bridgehead atoms. The van der Waals surface area contributed by atoms with Crippen LogP contribution in [0.15, 0.2) is 47.3 Å². The second-order valence-electron chi connectivity index (χ2n) is 10.2. The summed E-state index contributed by atoms with van der Waals surface area (Å²) in [6.07, 6.45) is -0.839. The Kier molecular flexibility index (Phi) is 8.07. The molecule has 0 unspecified atom stereocenters. The number of nitrogens with zero attached hydrogens (tertiary/aromatic N) is 2. The van der Waals surface area contributed by atoms with Crippen molar-refractivity contribution in [2.24, 2.45) is 5.92 Å². The van der Waals surface area contributed by atoms with Gasteiger partial charge < -0.3 is 8.92 Å². The number of carbonyl (C=O) groups excluding carboxylic acids is 1. The van der Waals surface area contributed by atoms with Crippen LogP contribution in [-0.2, 0) is 21.4 Å². The molecule has 39 heavy (non-hydrogen) atoms. The van der Waals surface area contributed by atoms with Gasteiger partial charge in [0, 0.05) is 29.9 Å². The number of fused-ring (bicyclic) bond motifs is 1. The largest absolute Gasteiger partial charge is 0.534 e. The highest BCUT2D eigenvalue weighted by Gasteiger charge is 2.48. The Balaban J connectivity index is 2.46. The number of carbonyl (C=O) groups is 1. The van der Waals surface area contributed by atoms with E-state index in [2.05, 4.69) is 4.18 Å². The van der Waals surface area contributed by atoms with E-state index in [1.165, 1.54) is 23.7 Å². The van der Waals surface area contributed by atoms with Crippen molar-refractivity contribution in [2.75, 3.05) is 11.9 Å². The van der Waals surface area contributed by atoms with Crippen molar-refractivity contribution < 1.29 is 39.7 Å². The third-order valence-corrected chi connectivity index (χ3v) is 6.35.